The summed E-state index contributed by atoms with van der Waals surface area (Å²) in [7, 11) is 1.59. The maximum Gasteiger partial charge on any atom is 0.243 e. The lowest BCUT2D eigenvalue weighted by molar-refractivity contribution is -0.119. The summed E-state index contributed by atoms with van der Waals surface area (Å²) in [4.78, 5) is 13.9. The highest BCUT2D eigenvalue weighted by atomic mass is 16.5. The van der Waals surface area contributed by atoms with Gasteiger partial charge in [0.1, 0.15) is 5.75 Å². The van der Waals surface area contributed by atoms with Gasteiger partial charge in [0.05, 0.1) is 24.5 Å². The maximum absolute atomic E-state index is 12.2. The van der Waals surface area contributed by atoms with Crippen LogP contribution in [0.3, 0.4) is 0 Å². The fourth-order valence-corrected chi connectivity index (χ4v) is 2.44. The van der Waals surface area contributed by atoms with E-state index in [1.165, 1.54) is 0 Å². The molecule has 0 saturated heterocycles. The summed E-state index contributed by atoms with van der Waals surface area (Å²) in [6.45, 7) is 2.52. The third-order valence-corrected chi connectivity index (χ3v) is 3.37. The number of rotatable bonds is 2. The fourth-order valence-electron chi connectivity index (χ4n) is 2.44. The van der Waals surface area contributed by atoms with Crippen molar-refractivity contribution in [3.8, 4) is 5.75 Å². The number of anilines is 2. The molecule has 1 aromatic rings. The molecule has 1 aromatic carbocycles. The SMILES string of the molecule is CCN1C(=O)C(N)CCc2c1ccc(N)c2OC. The van der Waals surface area contributed by atoms with Crippen LogP contribution in [0, 0.1) is 0 Å². The first-order valence-corrected chi connectivity index (χ1v) is 6.12. The lowest BCUT2D eigenvalue weighted by Gasteiger charge is -2.24. The van der Waals surface area contributed by atoms with Gasteiger partial charge in [-0.3, -0.25) is 4.79 Å². The van der Waals surface area contributed by atoms with Gasteiger partial charge in [-0.15, -0.1) is 0 Å². The Kier molecular flexibility index (Phi) is 3.43. The summed E-state index contributed by atoms with van der Waals surface area (Å²) in [5.41, 5.74) is 14.2. The molecule has 1 amide bonds. The van der Waals surface area contributed by atoms with E-state index in [1.54, 1.807) is 18.1 Å². The third-order valence-electron chi connectivity index (χ3n) is 3.37. The normalized spacial score (nSPS) is 19.4. The van der Waals surface area contributed by atoms with Gasteiger partial charge in [0.25, 0.3) is 0 Å². The Labute approximate surface area is 107 Å². The van der Waals surface area contributed by atoms with Crippen molar-refractivity contribution in [2.24, 2.45) is 5.73 Å². The number of benzene rings is 1. The third kappa shape index (κ3) is 1.90. The van der Waals surface area contributed by atoms with Crippen LogP contribution in [-0.2, 0) is 11.2 Å². The summed E-state index contributed by atoms with van der Waals surface area (Å²) < 4.78 is 5.36. The molecule has 0 aromatic heterocycles. The van der Waals surface area contributed by atoms with Gasteiger partial charge in [0, 0.05) is 12.1 Å². The number of nitrogens with two attached hydrogens (primary N) is 2. The zero-order valence-corrected chi connectivity index (χ0v) is 10.8. The molecule has 5 nitrogen and oxygen atoms in total. The molecular formula is C13H19N3O2. The van der Waals surface area contributed by atoms with E-state index in [0.29, 0.717) is 30.8 Å². The number of nitrogens with zero attached hydrogens (tertiary/aromatic N) is 1. The number of carbonyl (C=O) groups is 1. The molecule has 5 heteroatoms. The molecule has 0 bridgehead atoms. The van der Waals surface area contributed by atoms with E-state index in [9.17, 15) is 4.79 Å². The van der Waals surface area contributed by atoms with Crippen LogP contribution in [0.2, 0.25) is 0 Å². The van der Waals surface area contributed by atoms with Gasteiger partial charge in [-0.25, -0.2) is 0 Å². The number of methoxy groups -OCH3 is 1. The number of hydrogen-bond acceptors (Lipinski definition) is 4. The first-order chi connectivity index (χ1) is 8.60. The van der Waals surface area contributed by atoms with Crippen molar-refractivity contribution in [2.45, 2.75) is 25.8 Å². The Bertz CT molecular complexity index is 474. The minimum absolute atomic E-state index is 0.0388. The Balaban J connectivity index is 2.59. The minimum Gasteiger partial charge on any atom is -0.494 e. The summed E-state index contributed by atoms with van der Waals surface area (Å²) in [6.07, 6.45) is 1.31. The van der Waals surface area contributed by atoms with Crippen molar-refractivity contribution in [3.63, 3.8) is 0 Å². The lowest BCUT2D eigenvalue weighted by atomic mass is 10.0. The molecule has 1 aliphatic heterocycles. The van der Waals surface area contributed by atoms with Crippen LogP contribution in [0.1, 0.15) is 18.9 Å². The van der Waals surface area contributed by atoms with Crippen LogP contribution in [-0.4, -0.2) is 25.6 Å². The molecule has 1 aliphatic rings. The highest BCUT2D eigenvalue weighted by Crippen LogP contribution is 2.37. The van der Waals surface area contributed by atoms with Crippen LogP contribution in [0.5, 0.6) is 5.75 Å². The van der Waals surface area contributed by atoms with Crippen molar-refractivity contribution in [1.82, 2.24) is 0 Å². The summed E-state index contributed by atoms with van der Waals surface area (Å²) >= 11 is 0. The highest BCUT2D eigenvalue weighted by molar-refractivity contribution is 5.99. The maximum atomic E-state index is 12.2. The predicted octanol–water partition coefficient (Wildman–Crippen LogP) is 0.904. The molecule has 0 saturated carbocycles. The van der Waals surface area contributed by atoms with E-state index in [4.69, 9.17) is 16.2 Å². The monoisotopic (exact) mass is 249 g/mol. The second-order valence-electron chi connectivity index (χ2n) is 4.41. The molecule has 1 unspecified atom stereocenters. The van der Waals surface area contributed by atoms with Crippen molar-refractivity contribution >= 4 is 17.3 Å². The van der Waals surface area contributed by atoms with E-state index in [2.05, 4.69) is 0 Å². The Morgan fingerprint density at radius 2 is 2.22 bits per heavy atom. The molecule has 0 fully saturated rings. The Hall–Kier alpha value is -1.75. The first kappa shape index (κ1) is 12.7. The van der Waals surface area contributed by atoms with Crippen LogP contribution >= 0.6 is 0 Å². The number of fused-ring (bicyclic) bond motifs is 1. The summed E-state index contributed by atoms with van der Waals surface area (Å²) in [6, 6.07) is 3.18. The first-order valence-electron chi connectivity index (χ1n) is 6.12. The molecule has 1 atom stereocenters. The van der Waals surface area contributed by atoms with E-state index >= 15 is 0 Å². The lowest BCUT2D eigenvalue weighted by Crippen LogP contribution is -2.42. The largest absolute Gasteiger partial charge is 0.494 e. The van der Waals surface area contributed by atoms with Gasteiger partial charge < -0.3 is 21.1 Å². The van der Waals surface area contributed by atoms with Crippen molar-refractivity contribution in [2.75, 3.05) is 24.3 Å². The molecule has 98 valence electrons. The average molecular weight is 249 g/mol. The van der Waals surface area contributed by atoms with E-state index < -0.39 is 6.04 Å². The van der Waals surface area contributed by atoms with Crippen LogP contribution < -0.4 is 21.1 Å². The number of amides is 1. The Morgan fingerprint density at radius 3 is 2.83 bits per heavy atom. The van der Waals surface area contributed by atoms with E-state index in [0.717, 1.165) is 11.3 Å². The fraction of sp³-hybridized carbons (Fsp3) is 0.462. The van der Waals surface area contributed by atoms with Crippen LogP contribution in [0.4, 0.5) is 11.4 Å². The van der Waals surface area contributed by atoms with Gasteiger partial charge >= 0.3 is 0 Å². The van der Waals surface area contributed by atoms with Gasteiger partial charge in [-0.1, -0.05) is 0 Å². The molecule has 0 aliphatic carbocycles. The highest BCUT2D eigenvalue weighted by Gasteiger charge is 2.29. The quantitative estimate of drug-likeness (QED) is 0.763. The Morgan fingerprint density at radius 1 is 1.50 bits per heavy atom. The van der Waals surface area contributed by atoms with E-state index in [1.807, 2.05) is 13.0 Å². The summed E-state index contributed by atoms with van der Waals surface area (Å²) in [5.74, 6) is 0.621. The smallest absolute Gasteiger partial charge is 0.243 e. The minimum atomic E-state index is -0.455. The second kappa shape index (κ2) is 4.86. The molecule has 0 radical (unpaired) electrons. The molecule has 2 rings (SSSR count). The average Bonchev–Trinajstić information content (AvgIpc) is 2.48. The molecule has 18 heavy (non-hydrogen) atoms. The van der Waals surface area contributed by atoms with Crippen molar-refractivity contribution in [3.05, 3.63) is 17.7 Å². The second-order valence-corrected chi connectivity index (χ2v) is 4.41. The molecule has 1 heterocycles. The number of carbonyl (C=O) groups excluding carboxylic acids is 1. The van der Waals surface area contributed by atoms with Crippen LogP contribution in [0.15, 0.2) is 12.1 Å². The number of likely N-dealkylation sites (N-methyl/N-ethyl adjacent to an activating group) is 1. The van der Waals surface area contributed by atoms with Crippen LogP contribution in [0.25, 0.3) is 0 Å². The van der Waals surface area contributed by atoms with Gasteiger partial charge in [-0.2, -0.15) is 0 Å². The molecule has 0 spiro atoms. The zero-order valence-electron chi connectivity index (χ0n) is 10.8. The van der Waals surface area contributed by atoms with E-state index in [-0.39, 0.29) is 5.91 Å². The van der Waals surface area contributed by atoms with Gasteiger partial charge in [0.2, 0.25) is 5.91 Å². The predicted molar refractivity (Wildman–Crippen MR) is 71.7 cm³/mol. The number of hydrogen-bond donors (Lipinski definition) is 2. The van der Waals surface area contributed by atoms with Gasteiger partial charge in [-0.05, 0) is 31.9 Å². The number of nitrogen functional groups attached to an aromatic ring is 1. The van der Waals surface area contributed by atoms with Gasteiger partial charge in [0.15, 0.2) is 0 Å². The standard InChI is InChI=1S/C13H19N3O2/c1-3-16-11-7-6-9(14)12(18-2)8(11)4-5-10(15)13(16)17/h6-7,10H,3-5,14-15H2,1-2H3. The topological polar surface area (TPSA) is 81.6 Å². The summed E-state index contributed by atoms with van der Waals surface area (Å²) in [5, 5.41) is 0. The molecular weight excluding hydrogens is 230 g/mol. The zero-order chi connectivity index (χ0) is 13.3. The van der Waals surface area contributed by atoms with Crippen molar-refractivity contribution in [1.29, 1.82) is 0 Å². The van der Waals surface area contributed by atoms with Crippen molar-refractivity contribution < 1.29 is 9.53 Å². The number of ether oxygens (including phenoxy) is 1. The molecule has 4 N–H and O–H groups in total.